The average Bonchev–Trinajstić information content (AvgIpc) is 2.98. The Balaban J connectivity index is 1.85. The van der Waals surface area contributed by atoms with Crippen LogP contribution < -0.4 is 5.32 Å². The monoisotopic (exact) mass is 340 g/mol. The van der Waals surface area contributed by atoms with E-state index in [0.717, 1.165) is 46.6 Å². The quantitative estimate of drug-likeness (QED) is 0.499. The molecule has 0 aliphatic heterocycles. The first kappa shape index (κ1) is 17.2. The molecule has 0 unspecified atom stereocenters. The number of hydrogen-bond donors (Lipinski definition) is 2. The van der Waals surface area contributed by atoms with E-state index in [1.807, 2.05) is 6.07 Å². The second kappa shape index (κ2) is 7.51. The minimum atomic E-state index is -0.352. The fourth-order valence-corrected chi connectivity index (χ4v) is 2.99. The summed E-state index contributed by atoms with van der Waals surface area (Å²) in [5.74, 6) is 1.21. The van der Waals surface area contributed by atoms with E-state index in [4.69, 9.17) is 4.74 Å². The summed E-state index contributed by atoms with van der Waals surface area (Å²) in [4.78, 5) is 23.7. The molecule has 0 fully saturated rings. The summed E-state index contributed by atoms with van der Waals surface area (Å²) >= 11 is 0. The van der Waals surface area contributed by atoms with Gasteiger partial charge in [0.25, 0.3) is 0 Å². The number of H-pyrrole nitrogens is 1. The van der Waals surface area contributed by atoms with Crippen molar-refractivity contribution < 1.29 is 9.53 Å². The first-order chi connectivity index (χ1) is 12.1. The highest BCUT2D eigenvalue weighted by molar-refractivity contribution is 6.12. The van der Waals surface area contributed by atoms with E-state index < -0.39 is 0 Å². The normalized spacial score (nSPS) is 11.4. The Morgan fingerprint density at radius 3 is 2.88 bits per heavy atom. The third-order valence-corrected chi connectivity index (χ3v) is 4.31. The lowest BCUT2D eigenvalue weighted by molar-refractivity contribution is 0.0601. The van der Waals surface area contributed by atoms with E-state index in [-0.39, 0.29) is 5.97 Å². The number of anilines is 1. The molecule has 0 radical (unpaired) electrons. The molecule has 3 rings (SSSR count). The van der Waals surface area contributed by atoms with Gasteiger partial charge in [-0.25, -0.2) is 14.8 Å². The van der Waals surface area contributed by atoms with Gasteiger partial charge in [0.1, 0.15) is 17.8 Å². The molecule has 0 saturated carbocycles. The van der Waals surface area contributed by atoms with Crippen LogP contribution in [0.4, 0.5) is 5.82 Å². The van der Waals surface area contributed by atoms with Crippen molar-refractivity contribution in [1.82, 2.24) is 15.0 Å². The number of fused-ring (bicyclic) bond motifs is 3. The van der Waals surface area contributed by atoms with Gasteiger partial charge in [-0.3, -0.25) is 0 Å². The number of nitrogens with zero attached hydrogens (tertiary/aromatic N) is 2. The molecule has 3 aromatic rings. The lowest BCUT2D eigenvalue weighted by atomic mass is 10.1. The average molecular weight is 340 g/mol. The van der Waals surface area contributed by atoms with Crippen molar-refractivity contribution in [2.24, 2.45) is 5.92 Å². The van der Waals surface area contributed by atoms with E-state index in [2.05, 4.69) is 34.1 Å². The largest absolute Gasteiger partial charge is 0.465 e. The van der Waals surface area contributed by atoms with E-state index in [9.17, 15) is 4.79 Å². The molecule has 0 bridgehead atoms. The highest BCUT2D eigenvalue weighted by atomic mass is 16.5. The Morgan fingerprint density at radius 1 is 1.28 bits per heavy atom. The Labute approximate surface area is 147 Å². The fourth-order valence-electron chi connectivity index (χ4n) is 2.99. The van der Waals surface area contributed by atoms with Crippen LogP contribution in [0.25, 0.3) is 21.9 Å². The molecule has 0 spiro atoms. The number of unbranched alkanes of at least 4 members (excludes halogenated alkanes) is 1. The summed E-state index contributed by atoms with van der Waals surface area (Å²) in [7, 11) is 1.38. The molecule has 1 aromatic carbocycles. The zero-order valence-corrected chi connectivity index (χ0v) is 14.9. The van der Waals surface area contributed by atoms with Crippen LogP contribution in [0.3, 0.4) is 0 Å². The molecule has 6 heteroatoms. The van der Waals surface area contributed by atoms with Gasteiger partial charge in [-0.15, -0.1) is 0 Å². The van der Waals surface area contributed by atoms with E-state index in [0.29, 0.717) is 5.56 Å². The number of methoxy groups -OCH3 is 1. The highest BCUT2D eigenvalue weighted by Gasteiger charge is 2.13. The first-order valence-electron chi connectivity index (χ1n) is 8.68. The SMILES string of the molecule is COC(=O)c1ccc2c(c1)[nH]c1ncnc(NCCCCC(C)C)c12. The number of hydrogen-bond acceptors (Lipinski definition) is 5. The Morgan fingerprint density at radius 2 is 2.12 bits per heavy atom. The highest BCUT2D eigenvalue weighted by Crippen LogP contribution is 2.29. The molecule has 2 N–H and O–H groups in total. The van der Waals surface area contributed by atoms with Gasteiger partial charge in [-0.05, 0) is 24.5 Å². The van der Waals surface area contributed by atoms with Crippen molar-refractivity contribution in [3.8, 4) is 0 Å². The maximum atomic E-state index is 11.7. The first-order valence-corrected chi connectivity index (χ1v) is 8.68. The van der Waals surface area contributed by atoms with Crippen LogP contribution in [0.2, 0.25) is 0 Å². The van der Waals surface area contributed by atoms with Crippen LogP contribution in [0, 0.1) is 5.92 Å². The predicted octanol–water partition coefficient (Wildman–Crippen LogP) is 4.14. The smallest absolute Gasteiger partial charge is 0.337 e. The molecule has 0 amide bonds. The number of aromatic amines is 1. The maximum Gasteiger partial charge on any atom is 0.337 e. The predicted molar refractivity (Wildman–Crippen MR) is 99.9 cm³/mol. The third-order valence-electron chi connectivity index (χ3n) is 4.31. The summed E-state index contributed by atoms with van der Waals surface area (Å²) in [5, 5.41) is 5.38. The number of esters is 1. The van der Waals surface area contributed by atoms with Crippen molar-refractivity contribution in [3.63, 3.8) is 0 Å². The number of aromatic nitrogens is 3. The van der Waals surface area contributed by atoms with Crippen molar-refractivity contribution in [2.45, 2.75) is 33.1 Å². The zero-order chi connectivity index (χ0) is 17.8. The number of carbonyl (C=O) groups excluding carboxylic acids is 1. The van der Waals surface area contributed by atoms with Crippen molar-refractivity contribution >= 4 is 33.7 Å². The fraction of sp³-hybridized carbons (Fsp3) is 0.421. The summed E-state index contributed by atoms with van der Waals surface area (Å²) in [6.07, 6.45) is 5.10. The third kappa shape index (κ3) is 3.73. The number of nitrogens with one attached hydrogen (secondary N) is 2. The molecule has 0 atom stereocenters. The molecule has 2 heterocycles. The molecule has 2 aromatic heterocycles. The van der Waals surface area contributed by atoms with Crippen molar-refractivity contribution in [3.05, 3.63) is 30.1 Å². The molecule has 25 heavy (non-hydrogen) atoms. The van der Waals surface area contributed by atoms with Crippen LogP contribution in [0.15, 0.2) is 24.5 Å². The number of rotatable bonds is 7. The van der Waals surface area contributed by atoms with Crippen LogP contribution >= 0.6 is 0 Å². The number of carbonyl (C=O) groups is 1. The maximum absolute atomic E-state index is 11.7. The summed E-state index contributed by atoms with van der Waals surface area (Å²) < 4.78 is 4.78. The Kier molecular flexibility index (Phi) is 5.16. The van der Waals surface area contributed by atoms with E-state index in [1.165, 1.54) is 20.0 Å². The van der Waals surface area contributed by atoms with Gasteiger partial charge in [0.2, 0.25) is 0 Å². The van der Waals surface area contributed by atoms with Gasteiger partial charge in [0.05, 0.1) is 18.1 Å². The van der Waals surface area contributed by atoms with Crippen LogP contribution in [0.5, 0.6) is 0 Å². The zero-order valence-electron chi connectivity index (χ0n) is 14.9. The van der Waals surface area contributed by atoms with Gasteiger partial charge >= 0.3 is 5.97 Å². The minimum Gasteiger partial charge on any atom is -0.465 e. The molecular weight excluding hydrogens is 316 g/mol. The Bertz CT molecular complexity index is 886. The van der Waals surface area contributed by atoms with E-state index in [1.54, 1.807) is 18.5 Å². The van der Waals surface area contributed by atoms with Crippen molar-refractivity contribution in [2.75, 3.05) is 19.0 Å². The minimum absolute atomic E-state index is 0.352. The van der Waals surface area contributed by atoms with Crippen LogP contribution in [-0.4, -0.2) is 34.6 Å². The molecular formula is C19H24N4O2. The summed E-state index contributed by atoms with van der Waals surface area (Å²) in [5.41, 5.74) is 2.12. The van der Waals surface area contributed by atoms with Crippen LogP contribution in [0.1, 0.15) is 43.5 Å². The molecule has 132 valence electrons. The molecule has 0 aliphatic rings. The van der Waals surface area contributed by atoms with E-state index >= 15 is 0 Å². The Hall–Kier alpha value is -2.63. The molecule has 0 aliphatic carbocycles. The molecule has 0 saturated heterocycles. The van der Waals surface area contributed by atoms with Crippen LogP contribution in [-0.2, 0) is 4.74 Å². The van der Waals surface area contributed by atoms with Crippen molar-refractivity contribution in [1.29, 1.82) is 0 Å². The summed E-state index contributed by atoms with van der Waals surface area (Å²) in [6.45, 7) is 5.37. The second-order valence-corrected chi connectivity index (χ2v) is 6.64. The number of ether oxygens (including phenoxy) is 1. The van der Waals surface area contributed by atoms with Gasteiger partial charge < -0.3 is 15.0 Å². The second-order valence-electron chi connectivity index (χ2n) is 6.64. The standard InChI is InChI=1S/C19H24N4O2/c1-12(2)6-4-5-9-20-17-16-14-8-7-13(19(24)25-3)10-15(14)23-18(16)22-11-21-17/h7-8,10-12H,4-6,9H2,1-3H3,(H2,20,21,22,23). The van der Waals surface area contributed by atoms with Gasteiger partial charge in [-0.2, -0.15) is 0 Å². The van der Waals surface area contributed by atoms with Gasteiger partial charge in [-0.1, -0.05) is 32.8 Å². The van der Waals surface area contributed by atoms with Gasteiger partial charge in [0, 0.05) is 17.4 Å². The topological polar surface area (TPSA) is 79.9 Å². The van der Waals surface area contributed by atoms with Gasteiger partial charge in [0.15, 0.2) is 0 Å². The molecule has 6 nitrogen and oxygen atoms in total. The lowest BCUT2D eigenvalue weighted by Gasteiger charge is -2.08. The number of benzene rings is 1. The summed E-state index contributed by atoms with van der Waals surface area (Å²) in [6, 6.07) is 5.46. The lowest BCUT2D eigenvalue weighted by Crippen LogP contribution is -2.04.